The Morgan fingerprint density at radius 3 is 2.34 bits per heavy atom. The third-order valence-corrected chi connectivity index (χ3v) is 5.03. The van der Waals surface area contributed by atoms with E-state index in [4.69, 9.17) is 8.83 Å². The van der Waals surface area contributed by atoms with Crippen molar-refractivity contribution in [3.63, 3.8) is 0 Å². The van der Waals surface area contributed by atoms with Crippen molar-refractivity contribution in [3.05, 3.63) is 68.6 Å². The summed E-state index contributed by atoms with van der Waals surface area (Å²) in [6.07, 6.45) is 0.678. The van der Waals surface area contributed by atoms with E-state index in [0.29, 0.717) is 6.54 Å². The van der Waals surface area contributed by atoms with E-state index in [0.717, 1.165) is 29.3 Å². The first kappa shape index (κ1) is 25.4. The molecule has 5 N–H and O–H groups in total. The minimum Gasteiger partial charge on any atom is -0.508 e. The standard InChI is InChI=1S/C15H10O7.C8H7N3O5/c16-7-4-10(19)12-11(5-7)22-15(14(21)13(12)20)6-1-2-8(17)9(18)3-6;12-8-10(3-4-15-8)9-5-6-1-2-7(16-6)11(13)14/h1-5,16-19,21H;1-2,5H,3-4H2. The molecular weight excluding hydrogens is 510 g/mol. The summed E-state index contributed by atoms with van der Waals surface area (Å²) in [6.45, 7) is 0.645. The van der Waals surface area contributed by atoms with Crippen LogP contribution in [0.4, 0.5) is 10.7 Å². The monoisotopic (exact) mass is 527 g/mol. The molecule has 0 atom stereocenters. The van der Waals surface area contributed by atoms with Gasteiger partial charge in [-0.3, -0.25) is 14.9 Å². The molecule has 1 aliphatic rings. The van der Waals surface area contributed by atoms with Gasteiger partial charge in [0.25, 0.3) is 0 Å². The Bertz CT molecular complexity index is 1640. The molecule has 4 aromatic rings. The molecule has 1 amide bonds. The molecule has 38 heavy (non-hydrogen) atoms. The molecular formula is C23H17N3O12. The van der Waals surface area contributed by atoms with Crippen LogP contribution in [0.1, 0.15) is 5.76 Å². The van der Waals surface area contributed by atoms with Crippen LogP contribution in [0.15, 0.2) is 61.2 Å². The Balaban J connectivity index is 0.000000186. The number of aromatic hydroxyl groups is 5. The third-order valence-electron chi connectivity index (χ3n) is 5.03. The molecule has 2 aromatic heterocycles. The number of benzene rings is 2. The quantitative estimate of drug-likeness (QED) is 0.112. The van der Waals surface area contributed by atoms with E-state index in [1.165, 1.54) is 24.4 Å². The smallest absolute Gasteiger partial charge is 0.433 e. The molecule has 0 bridgehead atoms. The number of nitro groups is 1. The van der Waals surface area contributed by atoms with Crippen LogP contribution in [0.3, 0.4) is 0 Å². The fraction of sp³-hybridized carbons (Fsp3) is 0.0870. The molecule has 0 saturated carbocycles. The van der Waals surface area contributed by atoms with Crippen LogP contribution in [0.25, 0.3) is 22.3 Å². The number of rotatable bonds is 4. The highest BCUT2D eigenvalue weighted by molar-refractivity contribution is 5.88. The Morgan fingerprint density at radius 2 is 1.71 bits per heavy atom. The summed E-state index contributed by atoms with van der Waals surface area (Å²) in [7, 11) is 0. The number of amides is 1. The number of carbonyl (C=O) groups is 1. The van der Waals surface area contributed by atoms with E-state index in [9.17, 15) is 45.2 Å². The summed E-state index contributed by atoms with van der Waals surface area (Å²) in [6, 6.07) is 8.24. The molecule has 1 fully saturated rings. The van der Waals surface area contributed by atoms with Gasteiger partial charge in [-0.05, 0) is 24.3 Å². The lowest BCUT2D eigenvalue weighted by Gasteiger charge is -2.08. The highest BCUT2D eigenvalue weighted by Gasteiger charge is 2.21. The van der Waals surface area contributed by atoms with Crippen LogP contribution < -0.4 is 5.43 Å². The van der Waals surface area contributed by atoms with Crippen LogP contribution in [0, 0.1) is 10.1 Å². The molecule has 2 aromatic carbocycles. The highest BCUT2D eigenvalue weighted by Crippen LogP contribution is 2.37. The summed E-state index contributed by atoms with van der Waals surface area (Å²) < 4.78 is 14.8. The van der Waals surface area contributed by atoms with E-state index in [1.54, 1.807) is 0 Å². The summed E-state index contributed by atoms with van der Waals surface area (Å²) in [5, 5.41) is 62.8. The number of ether oxygens (including phenoxy) is 1. The van der Waals surface area contributed by atoms with Crippen molar-refractivity contribution in [1.29, 1.82) is 0 Å². The van der Waals surface area contributed by atoms with Crippen molar-refractivity contribution in [3.8, 4) is 40.1 Å². The van der Waals surface area contributed by atoms with Crippen molar-refractivity contribution in [2.75, 3.05) is 13.2 Å². The average molecular weight is 527 g/mol. The number of furan rings is 1. The largest absolute Gasteiger partial charge is 0.508 e. The molecule has 1 aliphatic heterocycles. The molecule has 15 nitrogen and oxygen atoms in total. The van der Waals surface area contributed by atoms with Crippen LogP contribution in [0.5, 0.6) is 28.7 Å². The summed E-state index contributed by atoms with van der Waals surface area (Å²) in [5.74, 6) is -2.88. The Hall–Kier alpha value is -5.73. The summed E-state index contributed by atoms with van der Waals surface area (Å²) in [5.41, 5.74) is -0.890. The lowest BCUT2D eigenvalue weighted by Crippen LogP contribution is -2.17. The molecule has 3 heterocycles. The number of carbonyl (C=O) groups excluding carboxylic acids is 1. The van der Waals surface area contributed by atoms with Gasteiger partial charge in [0.2, 0.25) is 11.2 Å². The van der Waals surface area contributed by atoms with Gasteiger partial charge < -0.3 is 39.1 Å². The molecule has 0 unspecified atom stereocenters. The van der Waals surface area contributed by atoms with Gasteiger partial charge in [-0.15, -0.1) is 0 Å². The predicted molar refractivity (Wildman–Crippen MR) is 127 cm³/mol. The van der Waals surface area contributed by atoms with Crippen LogP contribution in [-0.2, 0) is 4.74 Å². The maximum absolute atomic E-state index is 12.1. The number of phenolic OH excluding ortho intramolecular Hbond substituents is 4. The van der Waals surface area contributed by atoms with Crippen LogP contribution in [-0.4, -0.2) is 60.9 Å². The molecule has 15 heteroatoms. The Morgan fingerprint density at radius 1 is 0.947 bits per heavy atom. The zero-order chi connectivity index (χ0) is 27.6. The van der Waals surface area contributed by atoms with Crippen molar-refractivity contribution in [2.45, 2.75) is 0 Å². The first-order valence-corrected chi connectivity index (χ1v) is 10.5. The van der Waals surface area contributed by atoms with E-state index in [-0.39, 0.29) is 52.0 Å². The van der Waals surface area contributed by atoms with Crippen LogP contribution in [0.2, 0.25) is 0 Å². The van der Waals surface area contributed by atoms with Gasteiger partial charge in [0.15, 0.2) is 23.0 Å². The SMILES string of the molecule is O=C1OCCN1N=Cc1ccc([N+](=O)[O-])o1.O=c1c(O)c(-c2ccc(O)c(O)c2)oc2cc(O)cc(O)c12. The first-order valence-electron chi connectivity index (χ1n) is 10.5. The zero-order valence-electron chi connectivity index (χ0n) is 19.0. The number of phenols is 4. The zero-order valence-corrected chi connectivity index (χ0v) is 19.0. The first-order chi connectivity index (χ1) is 18.0. The fourth-order valence-electron chi connectivity index (χ4n) is 3.26. The van der Waals surface area contributed by atoms with Gasteiger partial charge in [-0.2, -0.15) is 10.1 Å². The van der Waals surface area contributed by atoms with Gasteiger partial charge in [0.05, 0.1) is 18.8 Å². The van der Waals surface area contributed by atoms with Crippen molar-refractivity contribution in [1.82, 2.24) is 5.01 Å². The number of fused-ring (bicyclic) bond motifs is 1. The molecule has 0 aliphatic carbocycles. The third kappa shape index (κ3) is 5.11. The van der Waals surface area contributed by atoms with E-state index >= 15 is 0 Å². The lowest BCUT2D eigenvalue weighted by atomic mass is 10.1. The molecule has 5 rings (SSSR count). The number of hydrazone groups is 1. The van der Waals surface area contributed by atoms with Crippen molar-refractivity contribution >= 4 is 29.2 Å². The lowest BCUT2D eigenvalue weighted by molar-refractivity contribution is -0.402. The second kappa shape index (κ2) is 10.1. The maximum atomic E-state index is 12.1. The second-order valence-corrected chi connectivity index (χ2v) is 7.57. The minimum atomic E-state index is -0.888. The average Bonchev–Trinajstić information content (AvgIpc) is 3.51. The van der Waals surface area contributed by atoms with E-state index in [1.807, 2.05) is 0 Å². The normalized spacial score (nSPS) is 12.9. The molecule has 196 valence electrons. The Labute approximate surface area is 210 Å². The number of hydrogen-bond acceptors (Lipinski definition) is 13. The Kier molecular flexibility index (Phi) is 6.74. The summed E-state index contributed by atoms with van der Waals surface area (Å²) >= 11 is 0. The predicted octanol–water partition coefficient (Wildman–Crippen LogP) is 2.96. The van der Waals surface area contributed by atoms with Crippen molar-refractivity contribution < 1.29 is 48.8 Å². The molecule has 1 saturated heterocycles. The highest BCUT2D eigenvalue weighted by atomic mass is 16.6. The maximum Gasteiger partial charge on any atom is 0.433 e. The van der Waals surface area contributed by atoms with Crippen molar-refractivity contribution in [2.24, 2.45) is 5.10 Å². The van der Waals surface area contributed by atoms with E-state index < -0.39 is 33.7 Å². The second-order valence-electron chi connectivity index (χ2n) is 7.57. The fourth-order valence-corrected chi connectivity index (χ4v) is 3.26. The van der Waals surface area contributed by atoms with Gasteiger partial charge in [0.1, 0.15) is 34.0 Å². The summed E-state index contributed by atoms with van der Waals surface area (Å²) in [4.78, 5) is 32.8. The van der Waals surface area contributed by atoms with Gasteiger partial charge >= 0.3 is 12.0 Å². The van der Waals surface area contributed by atoms with Gasteiger partial charge in [-0.1, -0.05) is 0 Å². The topological polar surface area (TPSA) is 230 Å². The molecule has 0 radical (unpaired) electrons. The van der Waals surface area contributed by atoms with E-state index in [2.05, 4.69) is 9.84 Å². The number of cyclic esters (lactones) is 1. The number of hydrogen-bond donors (Lipinski definition) is 5. The minimum absolute atomic E-state index is 0.134. The number of nitrogens with zero attached hydrogens (tertiary/aromatic N) is 3. The van der Waals surface area contributed by atoms with Gasteiger partial charge in [0, 0.05) is 17.7 Å². The molecule has 0 spiro atoms. The van der Waals surface area contributed by atoms with Gasteiger partial charge in [-0.25, -0.2) is 4.79 Å². The van der Waals surface area contributed by atoms with Crippen LogP contribution >= 0.6 is 0 Å².